The maximum Gasteiger partial charge on any atom is 0.264 e. The number of hydrogen-bond donors (Lipinski definition) is 1. The smallest absolute Gasteiger partial charge is 0.264 e. The molecular formula is C14H18BrNO4. The number of rotatable bonds is 7. The molecule has 1 unspecified atom stereocenters. The molecule has 2 rings (SSSR count). The summed E-state index contributed by atoms with van der Waals surface area (Å²) in [5.74, 6) is 1.14. The maximum atomic E-state index is 11.9. The van der Waals surface area contributed by atoms with Crippen molar-refractivity contribution < 1.29 is 19.0 Å². The summed E-state index contributed by atoms with van der Waals surface area (Å²) >= 11 is 3.28. The van der Waals surface area contributed by atoms with E-state index < -0.39 is 6.10 Å². The van der Waals surface area contributed by atoms with Gasteiger partial charge in [-0.05, 0) is 18.6 Å². The van der Waals surface area contributed by atoms with Gasteiger partial charge in [-0.1, -0.05) is 28.1 Å². The van der Waals surface area contributed by atoms with Crippen molar-refractivity contribution in [2.45, 2.75) is 12.5 Å². The summed E-state index contributed by atoms with van der Waals surface area (Å²) in [4.78, 5) is 11.9. The van der Waals surface area contributed by atoms with Gasteiger partial charge >= 0.3 is 0 Å². The monoisotopic (exact) mass is 343 g/mol. The third-order valence-corrected chi connectivity index (χ3v) is 3.11. The second kappa shape index (κ2) is 8.11. The molecule has 6 heteroatoms. The quantitative estimate of drug-likeness (QED) is 0.605. The second-order valence-corrected chi connectivity index (χ2v) is 5.10. The van der Waals surface area contributed by atoms with E-state index in [2.05, 4.69) is 21.2 Å². The van der Waals surface area contributed by atoms with Crippen molar-refractivity contribution in [3.05, 3.63) is 24.3 Å². The van der Waals surface area contributed by atoms with Gasteiger partial charge in [0.15, 0.2) is 11.5 Å². The van der Waals surface area contributed by atoms with Crippen LogP contribution in [0.3, 0.4) is 0 Å². The Labute approximate surface area is 126 Å². The Bertz CT molecular complexity index is 441. The summed E-state index contributed by atoms with van der Waals surface area (Å²) in [6, 6.07) is 7.34. The molecule has 1 aromatic carbocycles. The van der Waals surface area contributed by atoms with Gasteiger partial charge in [-0.3, -0.25) is 4.79 Å². The van der Waals surface area contributed by atoms with Crippen molar-refractivity contribution in [2.75, 3.05) is 31.7 Å². The molecule has 1 heterocycles. The number of amides is 1. The van der Waals surface area contributed by atoms with Gasteiger partial charge in [0.05, 0.1) is 6.61 Å². The largest absolute Gasteiger partial charge is 0.485 e. The van der Waals surface area contributed by atoms with E-state index in [1.165, 1.54) is 0 Å². The fraction of sp³-hybridized carbons (Fsp3) is 0.500. The van der Waals surface area contributed by atoms with Gasteiger partial charge in [0.25, 0.3) is 5.91 Å². The Morgan fingerprint density at radius 1 is 1.35 bits per heavy atom. The average molecular weight is 344 g/mol. The number of halogens is 1. The van der Waals surface area contributed by atoms with Crippen LogP contribution >= 0.6 is 15.9 Å². The number of para-hydroxylation sites is 2. The minimum atomic E-state index is -0.589. The number of ether oxygens (including phenoxy) is 3. The van der Waals surface area contributed by atoms with Crippen molar-refractivity contribution in [1.82, 2.24) is 5.32 Å². The zero-order chi connectivity index (χ0) is 14.2. The third-order valence-electron chi connectivity index (χ3n) is 2.79. The van der Waals surface area contributed by atoms with E-state index in [4.69, 9.17) is 14.2 Å². The van der Waals surface area contributed by atoms with Crippen LogP contribution in [0.4, 0.5) is 0 Å². The molecule has 1 aliphatic heterocycles. The van der Waals surface area contributed by atoms with Gasteiger partial charge in [0, 0.05) is 18.5 Å². The molecule has 110 valence electrons. The van der Waals surface area contributed by atoms with Gasteiger partial charge in [-0.25, -0.2) is 0 Å². The predicted octanol–water partition coefficient (Wildman–Crippen LogP) is 1.74. The molecule has 0 spiro atoms. The molecule has 0 saturated heterocycles. The Morgan fingerprint density at radius 3 is 2.95 bits per heavy atom. The van der Waals surface area contributed by atoms with Crippen molar-refractivity contribution >= 4 is 21.8 Å². The predicted molar refractivity (Wildman–Crippen MR) is 78.6 cm³/mol. The molecule has 5 nitrogen and oxygen atoms in total. The molecule has 0 aromatic heterocycles. The number of benzene rings is 1. The minimum Gasteiger partial charge on any atom is -0.485 e. The number of nitrogens with one attached hydrogen (secondary N) is 1. The van der Waals surface area contributed by atoms with Crippen LogP contribution in [-0.2, 0) is 9.53 Å². The molecule has 1 aliphatic rings. The molecule has 0 radical (unpaired) electrons. The highest BCUT2D eigenvalue weighted by atomic mass is 79.9. The van der Waals surface area contributed by atoms with Gasteiger partial charge < -0.3 is 19.5 Å². The van der Waals surface area contributed by atoms with Crippen LogP contribution in [0, 0.1) is 0 Å². The highest BCUT2D eigenvalue weighted by Crippen LogP contribution is 2.30. The van der Waals surface area contributed by atoms with Crippen LogP contribution in [0.2, 0.25) is 0 Å². The van der Waals surface area contributed by atoms with E-state index in [1.54, 1.807) is 6.07 Å². The first-order chi connectivity index (χ1) is 9.81. The number of alkyl halides is 1. The molecule has 0 aliphatic carbocycles. The number of hydrogen-bond acceptors (Lipinski definition) is 4. The Balaban J connectivity index is 1.69. The normalized spacial score (nSPS) is 16.8. The average Bonchev–Trinajstić information content (AvgIpc) is 2.50. The van der Waals surface area contributed by atoms with Gasteiger partial charge in [-0.15, -0.1) is 0 Å². The molecule has 1 aromatic rings. The lowest BCUT2D eigenvalue weighted by molar-refractivity contribution is -0.130. The van der Waals surface area contributed by atoms with Crippen LogP contribution in [0.1, 0.15) is 6.42 Å². The third kappa shape index (κ3) is 4.38. The molecule has 1 amide bonds. The number of fused-ring (bicyclic) bond motifs is 1. The first kappa shape index (κ1) is 15.1. The van der Waals surface area contributed by atoms with Crippen molar-refractivity contribution in [3.63, 3.8) is 0 Å². The van der Waals surface area contributed by atoms with Gasteiger partial charge in [0.1, 0.15) is 6.61 Å². The summed E-state index contributed by atoms with van der Waals surface area (Å²) < 4.78 is 16.4. The van der Waals surface area contributed by atoms with Gasteiger partial charge in [0.2, 0.25) is 6.10 Å². The zero-order valence-electron chi connectivity index (χ0n) is 11.1. The van der Waals surface area contributed by atoms with Crippen LogP contribution in [0.5, 0.6) is 11.5 Å². The van der Waals surface area contributed by atoms with Gasteiger partial charge in [-0.2, -0.15) is 0 Å². The van der Waals surface area contributed by atoms with Crippen molar-refractivity contribution in [2.24, 2.45) is 0 Å². The lowest BCUT2D eigenvalue weighted by Crippen LogP contribution is -2.44. The molecule has 20 heavy (non-hydrogen) atoms. The summed E-state index contributed by atoms with van der Waals surface area (Å²) in [6.45, 7) is 2.13. The molecule has 1 atom stereocenters. The highest BCUT2D eigenvalue weighted by Gasteiger charge is 2.26. The maximum absolute atomic E-state index is 11.9. The van der Waals surface area contributed by atoms with E-state index >= 15 is 0 Å². The lowest BCUT2D eigenvalue weighted by Gasteiger charge is -2.25. The van der Waals surface area contributed by atoms with Crippen LogP contribution in [0.15, 0.2) is 24.3 Å². The standard InChI is InChI=1S/C14H18BrNO4/c15-6-9-18-8-3-7-16-14(17)13-10-19-11-4-1-2-5-12(11)20-13/h1-2,4-5,13H,3,6-10H2,(H,16,17). The number of carbonyl (C=O) groups excluding carboxylic acids is 1. The summed E-state index contributed by atoms with van der Waals surface area (Å²) in [5.41, 5.74) is 0. The van der Waals surface area contributed by atoms with E-state index in [0.29, 0.717) is 31.3 Å². The van der Waals surface area contributed by atoms with E-state index in [1.807, 2.05) is 18.2 Å². The van der Waals surface area contributed by atoms with Crippen LogP contribution < -0.4 is 14.8 Å². The summed E-state index contributed by atoms with van der Waals surface area (Å²) in [6.07, 6.45) is 0.191. The topological polar surface area (TPSA) is 56.8 Å². The Morgan fingerprint density at radius 2 is 2.15 bits per heavy atom. The first-order valence-corrected chi connectivity index (χ1v) is 7.73. The Hall–Kier alpha value is -1.27. The van der Waals surface area contributed by atoms with Crippen molar-refractivity contribution in [3.8, 4) is 11.5 Å². The summed E-state index contributed by atoms with van der Waals surface area (Å²) in [5, 5.41) is 3.65. The SMILES string of the molecule is O=C(NCCCOCCBr)C1COc2ccccc2O1. The van der Waals surface area contributed by atoms with E-state index in [9.17, 15) is 4.79 Å². The minimum absolute atomic E-state index is 0.153. The zero-order valence-corrected chi connectivity index (χ0v) is 12.7. The molecule has 0 fully saturated rings. The fourth-order valence-electron chi connectivity index (χ4n) is 1.80. The van der Waals surface area contributed by atoms with Crippen molar-refractivity contribution in [1.29, 1.82) is 0 Å². The Kier molecular flexibility index (Phi) is 6.14. The molecule has 0 bridgehead atoms. The first-order valence-electron chi connectivity index (χ1n) is 6.61. The molecular weight excluding hydrogens is 326 g/mol. The fourth-order valence-corrected chi connectivity index (χ4v) is 2.03. The lowest BCUT2D eigenvalue weighted by atomic mass is 10.2. The number of carbonyl (C=O) groups is 1. The van der Waals surface area contributed by atoms with Crippen LogP contribution in [-0.4, -0.2) is 43.7 Å². The summed E-state index contributed by atoms with van der Waals surface area (Å²) in [7, 11) is 0. The van der Waals surface area contributed by atoms with E-state index in [-0.39, 0.29) is 12.5 Å². The molecule has 1 N–H and O–H groups in total. The molecule has 0 saturated carbocycles. The van der Waals surface area contributed by atoms with E-state index in [0.717, 1.165) is 11.8 Å². The second-order valence-electron chi connectivity index (χ2n) is 4.31. The highest BCUT2D eigenvalue weighted by molar-refractivity contribution is 9.09. The van der Waals surface area contributed by atoms with Crippen LogP contribution in [0.25, 0.3) is 0 Å².